The Morgan fingerprint density at radius 3 is 2.06 bits per heavy atom. The highest BCUT2D eigenvalue weighted by molar-refractivity contribution is 5.53. The summed E-state index contributed by atoms with van der Waals surface area (Å²) in [6.45, 7) is 6.50. The van der Waals surface area contributed by atoms with E-state index in [1.54, 1.807) is 12.4 Å². The fourth-order valence-electron chi connectivity index (χ4n) is 0.967. The number of benzene rings is 1. The Hall–Kier alpha value is -1.77. The van der Waals surface area contributed by atoms with Gasteiger partial charge in [0.2, 0.25) is 0 Å². The van der Waals surface area contributed by atoms with Gasteiger partial charge in [0.1, 0.15) is 0 Å². The highest BCUT2D eigenvalue weighted by Crippen LogP contribution is 2.10. The molecular weight excluding hydrogens is 198 g/mol. The van der Waals surface area contributed by atoms with Crippen molar-refractivity contribution in [2.75, 3.05) is 0 Å². The minimum absolute atomic E-state index is 0.665. The van der Waals surface area contributed by atoms with E-state index in [2.05, 4.69) is 36.0 Å². The molecule has 0 aliphatic rings. The van der Waals surface area contributed by atoms with E-state index in [1.165, 1.54) is 0 Å². The van der Waals surface area contributed by atoms with Crippen molar-refractivity contribution in [3.05, 3.63) is 42.7 Å². The first-order valence-corrected chi connectivity index (χ1v) is 5.39. The predicted molar refractivity (Wildman–Crippen MR) is 65.8 cm³/mol. The number of nitrogens with zero attached hydrogens (tertiary/aromatic N) is 3. The van der Waals surface area contributed by atoms with Gasteiger partial charge in [-0.2, -0.15) is 5.10 Å². The maximum atomic E-state index is 4.08. The Balaban J connectivity index is 0.000000280. The van der Waals surface area contributed by atoms with Crippen molar-refractivity contribution in [3.63, 3.8) is 0 Å². The summed E-state index contributed by atoms with van der Waals surface area (Å²) in [5.41, 5.74) is 0.991. The summed E-state index contributed by atoms with van der Waals surface area (Å²) in [7, 11) is 0. The molecule has 0 aliphatic carbocycles. The summed E-state index contributed by atoms with van der Waals surface area (Å²) in [5, 5.41) is 7.64. The quantitative estimate of drug-likeness (QED) is 0.733. The summed E-state index contributed by atoms with van der Waals surface area (Å²) in [6, 6.07) is 9.77. The van der Waals surface area contributed by atoms with E-state index < -0.39 is 0 Å². The van der Waals surface area contributed by atoms with Crippen molar-refractivity contribution in [3.8, 4) is 11.4 Å². The number of rotatable bonds is 1. The minimum Gasteiger partial charge on any atom is -0.233 e. The van der Waals surface area contributed by atoms with Gasteiger partial charge in [-0.05, 0) is 5.92 Å². The maximum Gasteiger partial charge on any atom is 0.181 e. The average Bonchev–Trinajstić information content (AvgIpc) is 2.31. The molecule has 2 aromatic rings. The van der Waals surface area contributed by atoms with Crippen LogP contribution in [0.1, 0.15) is 20.8 Å². The molecule has 0 radical (unpaired) electrons. The zero-order valence-electron chi connectivity index (χ0n) is 9.96. The highest BCUT2D eigenvalue weighted by atomic mass is 15.1. The van der Waals surface area contributed by atoms with E-state index in [-0.39, 0.29) is 0 Å². The molecule has 0 unspecified atom stereocenters. The third kappa shape index (κ3) is 4.64. The zero-order valence-corrected chi connectivity index (χ0v) is 9.96. The molecule has 0 N–H and O–H groups in total. The molecule has 84 valence electrons. The Labute approximate surface area is 96.6 Å². The van der Waals surface area contributed by atoms with Crippen LogP contribution in [0.5, 0.6) is 0 Å². The van der Waals surface area contributed by atoms with Crippen LogP contribution in [0.15, 0.2) is 42.7 Å². The van der Waals surface area contributed by atoms with Crippen molar-refractivity contribution in [1.82, 2.24) is 15.2 Å². The number of hydrogen-bond donors (Lipinski definition) is 0. The monoisotopic (exact) mass is 215 g/mol. The predicted octanol–water partition coefficient (Wildman–Crippen LogP) is 3.20. The molecule has 0 bridgehead atoms. The zero-order chi connectivity index (χ0) is 11.8. The van der Waals surface area contributed by atoms with Crippen LogP contribution in [0.4, 0.5) is 0 Å². The number of hydrogen-bond acceptors (Lipinski definition) is 3. The molecule has 2 rings (SSSR count). The molecule has 1 aromatic heterocycles. The SMILES string of the molecule is CC(C)C.c1ccc(-c2nccnn2)cc1. The van der Waals surface area contributed by atoms with E-state index in [9.17, 15) is 0 Å². The van der Waals surface area contributed by atoms with Crippen LogP contribution in [0.2, 0.25) is 0 Å². The molecule has 1 aromatic carbocycles. The van der Waals surface area contributed by atoms with Crippen LogP contribution >= 0.6 is 0 Å². The molecule has 0 saturated carbocycles. The lowest BCUT2D eigenvalue weighted by atomic mass is 10.2. The second kappa shape index (κ2) is 6.67. The van der Waals surface area contributed by atoms with E-state index in [1.807, 2.05) is 30.3 Å². The second-order valence-electron chi connectivity index (χ2n) is 4.06. The van der Waals surface area contributed by atoms with Gasteiger partial charge >= 0.3 is 0 Å². The van der Waals surface area contributed by atoms with Crippen LogP contribution in [-0.2, 0) is 0 Å². The van der Waals surface area contributed by atoms with Gasteiger partial charge in [-0.3, -0.25) is 0 Å². The van der Waals surface area contributed by atoms with Gasteiger partial charge in [0, 0.05) is 11.8 Å². The molecule has 0 fully saturated rings. The standard InChI is InChI=1S/C9H7N3.C4H10/c1-2-4-8(5-3-1)9-10-6-7-11-12-9;1-4(2)3/h1-7H;4H,1-3H3. The van der Waals surface area contributed by atoms with Gasteiger partial charge in [-0.25, -0.2) is 4.98 Å². The molecule has 16 heavy (non-hydrogen) atoms. The van der Waals surface area contributed by atoms with Crippen molar-refractivity contribution in [1.29, 1.82) is 0 Å². The van der Waals surface area contributed by atoms with Crippen molar-refractivity contribution >= 4 is 0 Å². The first kappa shape index (κ1) is 12.3. The lowest BCUT2D eigenvalue weighted by Gasteiger charge is -1.95. The fourth-order valence-corrected chi connectivity index (χ4v) is 0.967. The lowest BCUT2D eigenvalue weighted by molar-refractivity contribution is 0.737. The van der Waals surface area contributed by atoms with Gasteiger partial charge in [-0.15, -0.1) is 5.10 Å². The minimum atomic E-state index is 0.665. The van der Waals surface area contributed by atoms with Gasteiger partial charge in [0.15, 0.2) is 5.82 Å². The maximum absolute atomic E-state index is 4.08. The van der Waals surface area contributed by atoms with Crippen molar-refractivity contribution in [2.24, 2.45) is 5.92 Å². The van der Waals surface area contributed by atoms with Crippen molar-refractivity contribution < 1.29 is 0 Å². The Morgan fingerprint density at radius 2 is 1.56 bits per heavy atom. The molecular formula is C13H17N3. The summed E-state index contributed by atoms with van der Waals surface area (Å²) >= 11 is 0. The first-order valence-electron chi connectivity index (χ1n) is 5.39. The van der Waals surface area contributed by atoms with Gasteiger partial charge in [0.25, 0.3) is 0 Å². The smallest absolute Gasteiger partial charge is 0.181 e. The van der Waals surface area contributed by atoms with Crippen LogP contribution in [-0.4, -0.2) is 15.2 Å². The Kier molecular flexibility index (Phi) is 5.12. The molecule has 3 heteroatoms. The molecule has 0 saturated heterocycles. The number of aromatic nitrogens is 3. The van der Waals surface area contributed by atoms with Gasteiger partial charge in [0.05, 0.1) is 6.20 Å². The second-order valence-corrected chi connectivity index (χ2v) is 4.06. The van der Waals surface area contributed by atoms with E-state index in [0.717, 1.165) is 11.5 Å². The molecule has 0 aliphatic heterocycles. The summed E-state index contributed by atoms with van der Waals surface area (Å²) in [4.78, 5) is 4.08. The average molecular weight is 215 g/mol. The topological polar surface area (TPSA) is 38.7 Å². The Morgan fingerprint density at radius 1 is 0.938 bits per heavy atom. The van der Waals surface area contributed by atoms with Crippen molar-refractivity contribution in [2.45, 2.75) is 20.8 Å². The molecule has 0 spiro atoms. The summed E-state index contributed by atoms with van der Waals surface area (Å²) in [5.74, 6) is 1.50. The first-order chi connectivity index (χ1) is 7.70. The van der Waals surface area contributed by atoms with Gasteiger partial charge < -0.3 is 0 Å². The lowest BCUT2D eigenvalue weighted by Crippen LogP contribution is -1.88. The Bertz CT molecular complexity index is 344. The fraction of sp³-hybridized carbons (Fsp3) is 0.308. The van der Waals surface area contributed by atoms with Crippen LogP contribution in [0.25, 0.3) is 11.4 Å². The van der Waals surface area contributed by atoms with Crippen LogP contribution in [0, 0.1) is 5.92 Å². The molecule has 0 amide bonds. The largest absolute Gasteiger partial charge is 0.233 e. The van der Waals surface area contributed by atoms with Crippen LogP contribution < -0.4 is 0 Å². The third-order valence-corrected chi connectivity index (χ3v) is 1.51. The third-order valence-electron chi connectivity index (χ3n) is 1.51. The summed E-state index contributed by atoms with van der Waals surface area (Å²) in [6.07, 6.45) is 3.20. The van der Waals surface area contributed by atoms with E-state index in [0.29, 0.717) is 5.82 Å². The van der Waals surface area contributed by atoms with E-state index >= 15 is 0 Å². The molecule has 3 nitrogen and oxygen atoms in total. The summed E-state index contributed by atoms with van der Waals surface area (Å²) < 4.78 is 0. The van der Waals surface area contributed by atoms with E-state index in [4.69, 9.17) is 0 Å². The highest BCUT2D eigenvalue weighted by Gasteiger charge is 1.96. The van der Waals surface area contributed by atoms with Gasteiger partial charge in [-0.1, -0.05) is 51.1 Å². The molecule has 0 atom stereocenters. The van der Waals surface area contributed by atoms with Crippen LogP contribution in [0.3, 0.4) is 0 Å². The normalized spacial score (nSPS) is 9.50. The molecule has 1 heterocycles.